The maximum atomic E-state index is 12.1. The van der Waals surface area contributed by atoms with E-state index in [1.807, 2.05) is 13.0 Å². The third-order valence-corrected chi connectivity index (χ3v) is 5.25. The molecule has 2 rings (SSSR count). The Morgan fingerprint density at radius 3 is 2.80 bits per heavy atom. The Balaban J connectivity index is 2.20. The molecular weight excluding hydrogens is 318 g/mol. The molecule has 0 atom stereocenters. The van der Waals surface area contributed by atoms with Crippen molar-refractivity contribution in [3.8, 4) is 6.07 Å². The summed E-state index contributed by atoms with van der Waals surface area (Å²) in [5, 5.41) is 9.63. The second-order valence-electron chi connectivity index (χ2n) is 3.93. The minimum atomic E-state index is -3.72. The van der Waals surface area contributed by atoms with Gasteiger partial charge in [-0.1, -0.05) is 11.6 Å². The normalized spacial score (nSPS) is 11.2. The lowest BCUT2D eigenvalue weighted by atomic mass is 10.2. The molecule has 0 aliphatic carbocycles. The van der Waals surface area contributed by atoms with Gasteiger partial charge in [-0.05, 0) is 25.1 Å². The van der Waals surface area contributed by atoms with Crippen LogP contribution in [0.15, 0.2) is 29.3 Å². The molecule has 104 valence electrons. The molecule has 0 spiro atoms. The molecular formula is C12H10ClN3O2S2. The summed E-state index contributed by atoms with van der Waals surface area (Å²) in [5.74, 6) is 0. The molecule has 20 heavy (non-hydrogen) atoms. The number of rotatable bonds is 4. The zero-order valence-electron chi connectivity index (χ0n) is 10.4. The number of sulfonamides is 1. The number of hydrogen-bond donors (Lipinski definition) is 1. The van der Waals surface area contributed by atoms with E-state index in [4.69, 9.17) is 16.9 Å². The second kappa shape index (κ2) is 5.89. The van der Waals surface area contributed by atoms with Crippen LogP contribution >= 0.6 is 22.9 Å². The highest BCUT2D eigenvalue weighted by Gasteiger charge is 2.18. The highest BCUT2D eigenvalue weighted by atomic mass is 35.5. The summed E-state index contributed by atoms with van der Waals surface area (Å²) in [7, 11) is -3.72. The van der Waals surface area contributed by atoms with Crippen molar-refractivity contribution < 1.29 is 8.42 Å². The summed E-state index contributed by atoms with van der Waals surface area (Å²) in [4.78, 5) is 4.83. The molecule has 1 aromatic heterocycles. The van der Waals surface area contributed by atoms with E-state index in [1.165, 1.54) is 29.5 Å². The van der Waals surface area contributed by atoms with Crippen molar-refractivity contribution in [2.24, 2.45) is 0 Å². The summed E-state index contributed by atoms with van der Waals surface area (Å²) in [5.41, 5.74) is 0.312. The van der Waals surface area contributed by atoms with Crippen molar-refractivity contribution in [3.63, 3.8) is 0 Å². The van der Waals surface area contributed by atoms with Crippen LogP contribution in [0, 0.1) is 18.3 Å². The number of hydrogen-bond acceptors (Lipinski definition) is 5. The van der Waals surface area contributed by atoms with Crippen molar-refractivity contribution in [3.05, 3.63) is 44.9 Å². The van der Waals surface area contributed by atoms with Crippen LogP contribution in [-0.4, -0.2) is 13.4 Å². The standard InChI is InChI=1S/C12H10ClN3O2S2/c1-8-15-6-10(19-8)7-16-20(17,18)12-3-2-9(5-14)4-11(12)13/h2-4,6,16H,7H2,1H3. The molecule has 0 fully saturated rings. The molecule has 0 radical (unpaired) electrons. The fourth-order valence-corrected chi connectivity index (χ4v) is 3.89. The molecule has 0 saturated heterocycles. The van der Waals surface area contributed by atoms with Gasteiger partial charge in [0.15, 0.2) is 0 Å². The van der Waals surface area contributed by atoms with Crippen LogP contribution in [0.3, 0.4) is 0 Å². The van der Waals surface area contributed by atoms with Crippen molar-refractivity contribution in [1.29, 1.82) is 5.26 Å². The van der Waals surface area contributed by atoms with Crippen LogP contribution in [0.5, 0.6) is 0 Å². The summed E-state index contributed by atoms with van der Waals surface area (Å²) >= 11 is 7.32. The number of thiazole rings is 1. The van der Waals surface area contributed by atoms with Gasteiger partial charge in [0.05, 0.1) is 21.7 Å². The monoisotopic (exact) mass is 327 g/mol. The van der Waals surface area contributed by atoms with Gasteiger partial charge in [0.25, 0.3) is 0 Å². The Morgan fingerprint density at radius 1 is 1.50 bits per heavy atom. The van der Waals surface area contributed by atoms with Gasteiger partial charge in [-0.15, -0.1) is 11.3 Å². The first-order valence-corrected chi connectivity index (χ1v) is 8.21. The molecule has 1 aromatic carbocycles. The lowest BCUT2D eigenvalue weighted by Crippen LogP contribution is -2.23. The Labute approximate surface area is 125 Å². The largest absolute Gasteiger partial charge is 0.250 e. The number of nitrogens with zero attached hydrogens (tertiary/aromatic N) is 2. The van der Waals surface area contributed by atoms with Crippen LogP contribution in [0.4, 0.5) is 0 Å². The second-order valence-corrected chi connectivity index (χ2v) is 7.39. The number of benzene rings is 1. The highest BCUT2D eigenvalue weighted by molar-refractivity contribution is 7.89. The van der Waals surface area contributed by atoms with Gasteiger partial charge in [-0.2, -0.15) is 5.26 Å². The van der Waals surface area contributed by atoms with Gasteiger partial charge >= 0.3 is 0 Å². The molecule has 0 aliphatic rings. The van der Waals surface area contributed by atoms with Crippen molar-refractivity contribution in [2.75, 3.05) is 0 Å². The molecule has 5 nitrogen and oxygen atoms in total. The Bertz CT molecular complexity index is 778. The topological polar surface area (TPSA) is 82.8 Å². The Kier molecular flexibility index (Phi) is 4.40. The molecule has 1 N–H and O–H groups in total. The summed E-state index contributed by atoms with van der Waals surface area (Å²) in [6.45, 7) is 2.00. The number of aromatic nitrogens is 1. The smallest absolute Gasteiger partial charge is 0.242 e. The van der Waals surface area contributed by atoms with Crippen molar-refractivity contribution >= 4 is 33.0 Å². The summed E-state index contributed by atoms with van der Waals surface area (Å²) in [6.07, 6.45) is 1.63. The van der Waals surface area contributed by atoms with Crippen LogP contribution < -0.4 is 4.72 Å². The maximum absolute atomic E-state index is 12.1. The summed E-state index contributed by atoms with van der Waals surface area (Å²) in [6, 6.07) is 5.96. The van der Waals surface area contributed by atoms with E-state index >= 15 is 0 Å². The molecule has 0 saturated carbocycles. The summed E-state index contributed by atoms with van der Waals surface area (Å²) < 4.78 is 26.7. The predicted molar refractivity (Wildman–Crippen MR) is 77.0 cm³/mol. The lowest BCUT2D eigenvalue weighted by molar-refractivity contribution is 0.582. The van der Waals surface area contributed by atoms with E-state index in [9.17, 15) is 8.42 Å². The predicted octanol–water partition coefficient (Wildman–Crippen LogP) is 2.46. The van der Waals surface area contributed by atoms with Crippen LogP contribution in [0.25, 0.3) is 0 Å². The van der Waals surface area contributed by atoms with Crippen molar-refractivity contribution in [1.82, 2.24) is 9.71 Å². The molecule has 1 heterocycles. The average Bonchev–Trinajstić information content (AvgIpc) is 2.82. The first kappa shape index (κ1) is 14.9. The third-order valence-electron chi connectivity index (χ3n) is 2.46. The van der Waals surface area contributed by atoms with Crippen LogP contribution in [0.2, 0.25) is 5.02 Å². The van der Waals surface area contributed by atoms with Gasteiger partial charge in [-0.25, -0.2) is 18.1 Å². The first-order chi connectivity index (χ1) is 9.42. The number of nitrogens with one attached hydrogen (secondary N) is 1. The van der Waals surface area contributed by atoms with E-state index in [2.05, 4.69) is 9.71 Å². The molecule has 8 heteroatoms. The van der Waals surface area contributed by atoms with Crippen LogP contribution in [0.1, 0.15) is 15.4 Å². The van der Waals surface area contributed by atoms with E-state index in [-0.39, 0.29) is 16.5 Å². The van der Waals surface area contributed by atoms with Crippen LogP contribution in [-0.2, 0) is 16.6 Å². The minimum Gasteiger partial charge on any atom is -0.250 e. The van der Waals surface area contributed by atoms with E-state index < -0.39 is 10.0 Å². The van der Waals surface area contributed by atoms with Gasteiger partial charge in [-0.3, -0.25) is 0 Å². The van der Waals surface area contributed by atoms with Gasteiger partial charge in [0.2, 0.25) is 10.0 Å². The van der Waals surface area contributed by atoms with Crippen molar-refractivity contribution in [2.45, 2.75) is 18.4 Å². The lowest BCUT2D eigenvalue weighted by Gasteiger charge is -2.07. The molecule has 0 bridgehead atoms. The third kappa shape index (κ3) is 3.35. The quantitative estimate of drug-likeness (QED) is 0.935. The van der Waals surface area contributed by atoms with Gasteiger partial charge in [0, 0.05) is 17.6 Å². The van der Waals surface area contributed by atoms with E-state index in [0.717, 1.165) is 9.88 Å². The van der Waals surface area contributed by atoms with Gasteiger partial charge < -0.3 is 0 Å². The first-order valence-electron chi connectivity index (χ1n) is 5.53. The molecule has 0 aliphatic heterocycles. The fraction of sp³-hybridized carbons (Fsp3) is 0.167. The Morgan fingerprint density at radius 2 is 2.25 bits per heavy atom. The molecule has 0 amide bonds. The highest BCUT2D eigenvalue weighted by Crippen LogP contribution is 2.23. The molecule has 2 aromatic rings. The maximum Gasteiger partial charge on any atom is 0.242 e. The molecule has 0 unspecified atom stereocenters. The van der Waals surface area contributed by atoms with Gasteiger partial charge in [0.1, 0.15) is 4.90 Å². The number of halogens is 1. The fourth-order valence-electron chi connectivity index (χ4n) is 1.52. The Hall–Kier alpha value is -1.46. The zero-order valence-corrected chi connectivity index (χ0v) is 12.8. The minimum absolute atomic E-state index is 0.0250. The zero-order chi connectivity index (χ0) is 14.8. The van der Waals surface area contributed by atoms with E-state index in [0.29, 0.717) is 5.56 Å². The van der Waals surface area contributed by atoms with E-state index in [1.54, 1.807) is 6.20 Å². The average molecular weight is 328 g/mol. The number of aryl methyl sites for hydroxylation is 1. The SMILES string of the molecule is Cc1ncc(CNS(=O)(=O)c2ccc(C#N)cc2Cl)s1. The number of nitriles is 1.